The molecular formula is C27H37NO5. The van der Waals surface area contributed by atoms with Gasteiger partial charge in [0.2, 0.25) is 0 Å². The van der Waals surface area contributed by atoms with E-state index in [4.69, 9.17) is 14.2 Å². The Kier molecular flexibility index (Phi) is 6.70. The molecule has 180 valence electrons. The van der Waals surface area contributed by atoms with Gasteiger partial charge in [-0.3, -0.25) is 4.79 Å². The van der Waals surface area contributed by atoms with Crippen molar-refractivity contribution in [2.75, 3.05) is 13.6 Å². The summed E-state index contributed by atoms with van der Waals surface area (Å²) in [7, 11) is 1.73. The van der Waals surface area contributed by atoms with Gasteiger partial charge in [-0.15, -0.1) is 0 Å². The zero-order chi connectivity index (χ0) is 23.8. The average Bonchev–Trinajstić information content (AvgIpc) is 3.29. The number of hydrogen-bond acceptors (Lipinski definition) is 6. The number of hydrogen-bond donors (Lipinski definition) is 1. The summed E-state index contributed by atoms with van der Waals surface area (Å²) in [6.07, 6.45) is 5.11. The number of carbonyl (C=O) groups excluding carboxylic acids is 2. The maximum Gasteiger partial charge on any atom is 0.331 e. The SMILES string of the molecule is CNCC(=O)O[C@@H]1C[C@]2(C(C)C)O[C@@]1(C)[C@@H]1CC[C@@H](C)[C@H]1[C@@H]2OC(=O)/C=C/c1ccccc1. The quantitative estimate of drug-likeness (QED) is 0.495. The van der Waals surface area contributed by atoms with Crippen LogP contribution in [0.15, 0.2) is 36.4 Å². The second kappa shape index (κ2) is 9.22. The minimum absolute atomic E-state index is 0.0921. The molecule has 1 N–H and O–H groups in total. The molecule has 3 fully saturated rings. The minimum atomic E-state index is -0.685. The number of ether oxygens (including phenoxy) is 3. The van der Waals surface area contributed by atoms with Crippen molar-refractivity contribution in [1.82, 2.24) is 5.32 Å². The molecule has 1 aliphatic carbocycles. The smallest absolute Gasteiger partial charge is 0.331 e. The maximum absolute atomic E-state index is 13.0. The van der Waals surface area contributed by atoms with Crippen LogP contribution in [0.25, 0.3) is 6.08 Å². The lowest BCUT2D eigenvalue weighted by Gasteiger charge is -2.52. The van der Waals surface area contributed by atoms with Crippen LogP contribution >= 0.6 is 0 Å². The first-order valence-electron chi connectivity index (χ1n) is 12.2. The number of fused-ring (bicyclic) bond motifs is 4. The van der Waals surface area contributed by atoms with Crippen molar-refractivity contribution in [3.63, 3.8) is 0 Å². The molecule has 3 aliphatic rings. The van der Waals surface area contributed by atoms with Crippen molar-refractivity contribution in [2.45, 2.75) is 70.4 Å². The Balaban J connectivity index is 1.64. The molecule has 0 aromatic heterocycles. The molecule has 2 heterocycles. The third-order valence-electron chi connectivity index (χ3n) is 8.20. The summed E-state index contributed by atoms with van der Waals surface area (Å²) in [5.41, 5.74) is -0.314. The third kappa shape index (κ3) is 4.24. The van der Waals surface area contributed by atoms with Crippen LogP contribution < -0.4 is 5.32 Å². The highest BCUT2D eigenvalue weighted by Crippen LogP contribution is 2.63. The summed E-state index contributed by atoms with van der Waals surface area (Å²) >= 11 is 0. The van der Waals surface area contributed by atoms with Gasteiger partial charge in [0.05, 0.1) is 6.54 Å². The van der Waals surface area contributed by atoms with Gasteiger partial charge in [-0.25, -0.2) is 4.79 Å². The number of nitrogens with one attached hydrogen (secondary N) is 1. The van der Waals surface area contributed by atoms with Crippen molar-refractivity contribution >= 4 is 18.0 Å². The molecule has 6 nitrogen and oxygen atoms in total. The van der Waals surface area contributed by atoms with Crippen LogP contribution in [0.2, 0.25) is 0 Å². The molecule has 1 saturated carbocycles. The van der Waals surface area contributed by atoms with Gasteiger partial charge in [0, 0.05) is 18.4 Å². The molecule has 0 spiro atoms. The van der Waals surface area contributed by atoms with Gasteiger partial charge in [0.15, 0.2) is 0 Å². The van der Waals surface area contributed by atoms with Gasteiger partial charge in [-0.2, -0.15) is 0 Å². The van der Waals surface area contributed by atoms with E-state index in [1.807, 2.05) is 30.3 Å². The van der Waals surface area contributed by atoms with Crippen LogP contribution in [0.3, 0.4) is 0 Å². The highest BCUT2D eigenvalue weighted by Gasteiger charge is 2.72. The van der Waals surface area contributed by atoms with E-state index in [2.05, 4.69) is 33.0 Å². The maximum atomic E-state index is 13.0. The number of likely N-dealkylation sites (N-methyl/N-ethyl adjacent to an activating group) is 1. The highest BCUT2D eigenvalue weighted by atomic mass is 16.6. The summed E-state index contributed by atoms with van der Waals surface area (Å²) in [6, 6.07) is 9.72. The van der Waals surface area contributed by atoms with E-state index in [1.165, 1.54) is 6.08 Å². The van der Waals surface area contributed by atoms with Gasteiger partial charge < -0.3 is 19.5 Å². The van der Waals surface area contributed by atoms with Crippen LogP contribution in [0, 0.1) is 23.7 Å². The Labute approximate surface area is 197 Å². The molecule has 6 heteroatoms. The molecule has 2 aliphatic heterocycles. The number of esters is 2. The molecule has 2 bridgehead atoms. The third-order valence-corrected chi connectivity index (χ3v) is 8.20. The Morgan fingerprint density at radius 1 is 1.21 bits per heavy atom. The van der Waals surface area contributed by atoms with Crippen LogP contribution in [-0.4, -0.2) is 48.9 Å². The molecule has 0 amide bonds. The lowest BCUT2D eigenvalue weighted by molar-refractivity contribution is -0.264. The summed E-state index contributed by atoms with van der Waals surface area (Å²) in [5.74, 6) is 0.206. The first kappa shape index (κ1) is 24.0. The standard InChI is InChI=1S/C27H37NO5/c1-17(2)27-15-21(31-23(30)16-28-5)26(4,33-27)20-13-11-18(3)24(20)25(27)32-22(29)14-12-19-9-7-6-8-10-19/h6-10,12,14,17-18,20-21,24-25,28H,11,13,15-16H2,1-5H3/b14-12+/t18-,20-,21-,24-,25+,26+,27-/m1/s1. The van der Waals surface area contributed by atoms with Crippen molar-refractivity contribution in [3.05, 3.63) is 42.0 Å². The molecule has 33 heavy (non-hydrogen) atoms. The van der Waals surface area contributed by atoms with E-state index < -0.39 is 11.2 Å². The Morgan fingerprint density at radius 2 is 1.94 bits per heavy atom. The van der Waals surface area contributed by atoms with E-state index in [9.17, 15) is 9.59 Å². The van der Waals surface area contributed by atoms with Gasteiger partial charge in [0.25, 0.3) is 0 Å². The van der Waals surface area contributed by atoms with Crippen molar-refractivity contribution < 1.29 is 23.8 Å². The van der Waals surface area contributed by atoms with Crippen LogP contribution in [0.4, 0.5) is 0 Å². The molecule has 1 aromatic carbocycles. The Morgan fingerprint density at radius 3 is 2.61 bits per heavy atom. The number of benzene rings is 1. The second-order valence-electron chi connectivity index (χ2n) is 10.4. The monoisotopic (exact) mass is 455 g/mol. The summed E-state index contributed by atoms with van der Waals surface area (Å²) < 4.78 is 19.1. The zero-order valence-electron chi connectivity index (χ0n) is 20.4. The first-order chi connectivity index (χ1) is 15.7. The fraction of sp³-hybridized carbons (Fsp3) is 0.630. The van der Waals surface area contributed by atoms with Crippen molar-refractivity contribution in [2.24, 2.45) is 23.7 Å². The molecule has 4 rings (SSSR count). The minimum Gasteiger partial charge on any atom is -0.458 e. The van der Waals surface area contributed by atoms with Gasteiger partial charge in [-0.05, 0) is 56.2 Å². The summed E-state index contributed by atoms with van der Waals surface area (Å²) in [4.78, 5) is 25.4. The van der Waals surface area contributed by atoms with Gasteiger partial charge in [0.1, 0.15) is 23.4 Å². The summed E-state index contributed by atoms with van der Waals surface area (Å²) in [6.45, 7) is 8.72. The van der Waals surface area contributed by atoms with Crippen molar-refractivity contribution in [1.29, 1.82) is 0 Å². The largest absolute Gasteiger partial charge is 0.458 e. The van der Waals surface area contributed by atoms with E-state index in [-0.39, 0.29) is 48.4 Å². The molecule has 0 unspecified atom stereocenters. The normalized spacial score (nSPS) is 37.3. The number of carbonyl (C=O) groups is 2. The predicted octanol–water partition coefficient (Wildman–Crippen LogP) is 3.99. The Bertz CT molecular complexity index is 899. The molecular weight excluding hydrogens is 418 g/mol. The van der Waals surface area contributed by atoms with Crippen LogP contribution in [0.5, 0.6) is 0 Å². The zero-order valence-corrected chi connectivity index (χ0v) is 20.4. The number of rotatable bonds is 7. The molecule has 1 aromatic rings. The topological polar surface area (TPSA) is 73.9 Å². The van der Waals surface area contributed by atoms with Crippen molar-refractivity contribution in [3.8, 4) is 0 Å². The fourth-order valence-corrected chi connectivity index (χ4v) is 6.48. The first-order valence-corrected chi connectivity index (χ1v) is 12.2. The molecule has 0 radical (unpaired) electrons. The van der Waals surface area contributed by atoms with E-state index in [0.717, 1.165) is 18.4 Å². The summed E-state index contributed by atoms with van der Waals surface area (Å²) in [5, 5.41) is 2.87. The average molecular weight is 456 g/mol. The van der Waals surface area contributed by atoms with Gasteiger partial charge >= 0.3 is 11.9 Å². The molecule has 2 saturated heterocycles. The van der Waals surface area contributed by atoms with E-state index >= 15 is 0 Å². The fourth-order valence-electron chi connectivity index (χ4n) is 6.48. The second-order valence-corrected chi connectivity index (χ2v) is 10.4. The van der Waals surface area contributed by atoms with Crippen LogP contribution in [0.1, 0.15) is 52.5 Å². The van der Waals surface area contributed by atoms with E-state index in [0.29, 0.717) is 12.3 Å². The van der Waals surface area contributed by atoms with Gasteiger partial charge in [-0.1, -0.05) is 51.1 Å². The van der Waals surface area contributed by atoms with Crippen LogP contribution in [-0.2, 0) is 23.8 Å². The lowest BCUT2D eigenvalue weighted by atomic mass is 9.69. The Hall–Kier alpha value is -2.18. The lowest BCUT2D eigenvalue weighted by Crippen LogP contribution is -2.62. The predicted molar refractivity (Wildman–Crippen MR) is 126 cm³/mol. The highest BCUT2D eigenvalue weighted by molar-refractivity contribution is 5.87. The molecule has 7 atom stereocenters. The van der Waals surface area contributed by atoms with E-state index in [1.54, 1.807) is 13.1 Å².